The molecule has 1 aromatic carbocycles. The SMILES string of the molecule is O=C(CCN1CCCCC1)C1(c2ccccc2)CCCCC1. The maximum Gasteiger partial charge on any atom is 0.144 e. The zero-order chi connectivity index (χ0) is 15.3. The first kappa shape index (κ1) is 15.7. The van der Waals surface area contributed by atoms with E-state index >= 15 is 0 Å². The lowest BCUT2D eigenvalue weighted by molar-refractivity contribution is -0.126. The van der Waals surface area contributed by atoms with Crippen molar-refractivity contribution in [2.24, 2.45) is 0 Å². The summed E-state index contributed by atoms with van der Waals surface area (Å²) >= 11 is 0. The van der Waals surface area contributed by atoms with Gasteiger partial charge in [0.25, 0.3) is 0 Å². The molecule has 0 radical (unpaired) electrons. The average Bonchev–Trinajstić information content (AvgIpc) is 2.62. The number of ketones is 1. The zero-order valence-electron chi connectivity index (χ0n) is 13.7. The summed E-state index contributed by atoms with van der Waals surface area (Å²) in [5, 5.41) is 0. The van der Waals surface area contributed by atoms with E-state index in [1.54, 1.807) is 0 Å². The molecule has 0 N–H and O–H groups in total. The van der Waals surface area contributed by atoms with Gasteiger partial charge in [-0.25, -0.2) is 0 Å². The number of piperidine rings is 1. The number of hydrogen-bond acceptors (Lipinski definition) is 2. The quantitative estimate of drug-likeness (QED) is 0.806. The molecule has 0 atom stereocenters. The molecule has 3 rings (SSSR count). The number of benzene rings is 1. The van der Waals surface area contributed by atoms with Crippen molar-refractivity contribution in [2.75, 3.05) is 19.6 Å². The van der Waals surface area contributed by atoms with Crippen LogP contribution in [0, 0.1) is 0 Å². The Balaban J connectivity index is 1.70. The first-order chi connectivity index (χ1) is 10.8. The average molecular weight is 299 g/mol. The molecule has 2 fully saturated rings. The Kier molecular flexibility index (Phi) is 5.30. The van der Waals surface area contributed by atoms with E-state index in [0.717, 1.165) is 25.8 Å². The summed E-state index contributed by atoms with van der Waals surface area (Å²) in [6.07, 6.45) is 10.5. The summed E-state index contributed by atoms with van der Waals surface area (Å²) in [5.41, 5.74) is 1.08. The minimum atomic E-state index is -0.185. The summed E-state index contributed by atoms with van der Waals surface area (Å²) in [6.45, 7) is 3.34. The summed E-state index contributed by atoms with van der Waals surface area (Å²) in [5.74, 6) is 0.490. The monoisotopic (exact) mass is 299 g/mol. The Morgan fingerprint density at radius 3 is 2.23 bits per heavy atom. The van der Waals surface area contributed by atoms with Crippen LogP contribution in [-0.2, 0) is 10.2 Å². The molecule has 2 nitrogen and oxygen atoms in total. The molecule has 1 saturated heterocycles. The minimum Gasteiger partial charge on any atom is -0.303 e. The highest BCUT2D eigenvalue weighted by atomic mass is 16.1. The van der Waals surface area contributed by atoms with E-state index in [0.29, 0.717) is 5.78 Å². The van der Waals surface area contributed by atoms with Crippen LogP contribution in [0.15, 0.2) is 30.3 Å². The largest absolute Gasteiger partial charge is 0.303 e. The third kappa shape index (κ3) is 3.43. The van der Waals surface area contributed by atoms with Crippen molar-refractivity contribution in [2.45, 2.75) is 63.2 Å². The number of Topliss-reactive ketones (excluding diaryl/α,β-unsaturated/α-hetero) is 1. The molecule has 1 saturated carbocycles. The molecule has 2 heteroatoms. The Morgan fingerprint density at radius 1 is 0.909 bits per heavy atom. The molecule has 22 heavy (non-hydrogen) atoms. The number of carbonyl (C=O) groups is 1. The second-order valence-electron chi connectivity index (χ2n) is 7.08. The van der Waals surface area contributed by atoms with Gasteiger partial charge in [0.05, 0.1) is 5.41 Å². The molecule has 1 aliphatic carbocycles. The van der Waals surface area contributed by atoms with Gasteiger partial charge in [-0.3, -0.25) is 4.79 Å². The molecule has 0 unspecified atom stereocenters. The maximum absolute atomic E-state index is 13.1. The van der Waals surface area contributed by atoms with Crippen LogP contribution < -0.4 is 0 Å². The fourth-order valence-electron chi connectivity index (χ4n) is 4.32. The Labute approximate surface area is 134 Å². The van der Waals surface area contributed by atoms with Crippen molar-refractivity contribution >= 4 is 5.78 Å². The van der Waals surface area contributed by atoms with E-state index in [-0.39, 0.29) is 5.41 Å². The molecule has 0 bridgehead atoms. The highest BCUT2D eigenvalue weighted by Gasteiger charge is 2.40. The lowest BCUT2D eigenvalue weighted by Crippen LogP contribution is -2.40. The van der Waals surface area contributed by atoms with Gasteiger partial charge in [0, 0.05) is 13.0 Å². The van der Waals surface area contributed by atoms with Crippen LogP contribution in [0.3, 0.4) is 0 Å². The number of carbonyl (C=O) groups excluding carboxylic acids is 1. The second-order valence-corrected chi connectivity index (χ2v) is 7.08. The molecule has 2 aliphatic rings. The standard InChI is InChI=1S/C20H29NO/c22-19(12-17-21-15-8-3-9-16-21)20(13-6-2-7-14-20)18-10-4-1-5-11-18/h1,4-5,10-11H,2-3,6-9,12-17H2. The first-order valence-corrected chi connectivity index (χ1v) is 9.12. The van der Waals surface area contributed by atoms with E-state index in [1.165, 1.54) is 57.2 Å². The lowest BCUT2D eigenvalue weighted by Gasteiger charge is -2.37. The maximum atomic E-state index is 13.1. The minimum absolute atomic E-state index is 0.185. The van der Waals surface area contributed by atoms with Crippen molar-refractivity contribution in [3.8, 4) is 0 Å². The highest BCUT2D eigenvalue weighted by molar-refractivity contribution is 5.90. The summed E-state index contributed by atoms with van der Waals surface area (Å²) in [7, 11) is 0. The first-order valence-electron chi connectivity index (χ1n) is 9.12. The normalized spacial score (nSPS) is 22.4. The Morgan fingerprint density at radius 2 is 1.55 bits per heavy atom. The molecule has 120 valence electrons. The molecule has 1 aliphatic heterocycles. The van der Waals surface area contributed by atoms with Gasteiger partial charge in [0.1, 0.15) is 5.78 Å². The van der Waals surface area contributed by atoms with Crippen molar-refractivity contribution in [3.05, 3.63) is 35.9 Å². The van der Waals surface area contributed by atoms with E-state index < -0.39 is 0 Å². The van der Waals surface area contributed by atoms with Crippen LogP contribution >= 0.6 is 0 Å². The molecule has 1 aromatic rings. The number of hydrogen-bond donors (Lipinski definition) is 0. The number of nitrogens with zero attached hydrogens (tertiary/aromatic N) is 1. The van der Waals surface area contributed by atoms with Crippen LogP contribution in [0.1, 0.15) is 63.4 Å². The molecule has 0 spiro atoms. The fraction of sp³-hybridized carbons (Fsp3) is 0.650. The predicted molar refractivity (Wildman–Crippen MR) is 91.1 cm³/mol. The molecule has 1 heterocycles. The van der Waals surface area contributed by atoms with Gasteiger partial charge in [-0.2, -0.15) is 0 Å². The van der Waals surface area contributed by atoms with Gasteiger partial charge in [-0.15, -0.1) is 0 Å². The van der Waals surface area contributed by atoms with Crippen molar-refractivity contribution in [1.29, 1.82) is 0 Å². The molecular formula is C20H29NO. The van der Waals surface area contributed by atoms with E-state index in [4.69, 9.17) is 0 Å². The van der Waals surface area contributed by atoms with Crippen LogP contribution in [0.25, 0.3) is 0 Å². The highest BCUT2D eigenvalue weighted by Crippen LogP contribution is 2.41. The lowest BCUT2D eigenvalue weighted by atomic mass is 9.66. The molecule has 0 aromatic heterocycles. The second kappa shape index (κ2) is 7.41. The predicted octanol–water partition coefficient (Wildman–Crippen LogP) is 4.33. The van der Waals surface area contributed by atoms with Crippen LogP contribution in [0.5, 0.6) is 0 Å². The van der Waals surface area contributed by atoms with Crippen LogP contribution in [-0.4, -0.2) is 30.3 Å². The Bertz CT molecular complexity index is 470. The number of rotatable bonds is 5. The van der Waals surface area contributed by atoms with E-state index in [9.17, 15) is 4.79 Å². The fourth-order valence-corrected chi connectivity index (χ4v) is 4.32. The summed E-state index contributed by atoms with van der Waals surface area (Å²) in [4.78, 5) is 15.6. The zero-order valence-corrected chi connectivity index (χ0v) is 13.7. The summed E-state index contributed by atoms with van der Waals surface area (Å²) < 4.78 is 0. The van der Waals surface area contributed by atoms with Crippen LogP contribution in [0.2, 0.25) is 0 Å². The third-order valence-electron chi connectivity index (χ3n) is 5.67. The summed E-state index contributed by atoms with van der Waals surface area (Å²) in [6, 6.07) is 10.6. The van der Waals surface area contributed by atoms with E-state index in [2.05, 4.69) is 35.2 Å². The molecule has 0 amide bonds. The van der Waals surface area contributed by atoms with Gasteiger partial charge in [-0.05, 0) is 44.3 Å². The van der Waals surface area contributed by atoms with Crippen LogP contribution in [0.4, 0.5) is 0 Å². The van der Waals surface area contributed by atoms with Crippen molar-refractivity contribution in [1.82, 2.24) is 4.90 Å². The van der Waals surface area contributed by atoms with Gasteiger partial charge in [0.2, 0.25) is 0 Å². The van der Waals surface area contributed by atoms with Gasteiger partial charge in [-0.1, -0.05) is 56.0 Å². The third-order valence-corrected chi connectivity index (χ3v) is 5.67. The van der Waals surface area contributed by atoms with E-state index in [1.807, 2.05) is 0 Å². The Hall–Kier alpha value is -1.15. The van der Waals surface area contributed by atoms with Crippen molar-refractivity contribution in [3.63, 3.8) is 0 Å². The topological polar surface area (TPSA) is 20.3 Å². The number of likely N-dealkylation sites (tertiary alicyclic amines) is 1. The smallest absolute Gasteiger partial charge is 0.144 e. The molecular weight excluding hydrogens is 270 g/mol. The van der Waals surface area contributed by atoms with Gasteiger partial charge < -0.3 is 4.90 Å². The van der Waals surface area contributed by atoms with Crippen molar-refractivity contribution < 1.29 is 4.79 Å². The van der Waals surface area contributed by atoms with Gasteiger partial charge in [0.15, 0.2) is 0 Å². The van der Waals surface area contributed by atoms with Gasteiger partial charge >= 0.3 is 0 Å².